The van der Waals surface area contributed by atoms with Crippen LogP contribution in [-0.2, 0) is 0 Å². The van der Waals surface area contributed by atoms with Crippen LogP contribution in [0.5, 0.6) is 0 Å². The molecule has 6 N–H and O–H groups in total. The van der Waals surface area contributed by atoms with Crippen LogP contribution < -0.4 is 131 Å². The Labute approximate surface area is 146 Å². The molecule has 0 saturated heterocycles. The SMILES string of the molecule is C=C.N.N.[H-].[H-].[H-].[H-].[Na+].[Na+].[Na+].[Na+]. The van der Waals surface area contributed by atoms with Gasteiger partial charge in [-0.1, -0.05) is 0 Å². The Morgan fingerprint density at radius 2 is 0.625 bits per heavy atom. The summed E-state index contributed by atoms with van der Waals surface area (Å²) in [6.45, 7) is 6.00. The molecule has 0 fully saturated rings. The van der Waals surface area contributed by atoms with Crippen LogP contribution in [0.2, 0.25) is 0 Å². The van der Waals surface area contributed by atoms with Crippen LogP contribution in [0, 0.1) is 0 Å². The molecule has 0 saturated carbocycles. The van der Waals surface area contributed by atoms with Crippen molar-refractivity contribution in [1.29, 1.82) is 0 Å². The topological polar surface area (TPSA) is 70.0 Å². The largest absolute Gasteiger partial charge is 1.00 e. The van der Waals surface area contributed by atoms with Gasteiger partial charge in [0.2, 0.25) is 0 Å². The molecule has 0 aliphatic rings. The van der Waals surface area contributed by atoms with E-state index in [4.69, 9.17) is 0 Å². The maximum absolute atomic E-state index is 3.00. The van der Waals surface area contributed by atoms with Crippen LogP contribution in [0.4, 0.5) is 0 Å². The number of hydrogen-bond donors (Lipinski definition) is 2. The zero-order valence-electron chi connectivity index (χ0n) is 10.8. The molecule has 0 rings (SSSR count). The minimum Gasteiger partial charge on any atom is -1.00 e. The first-order valence-corrected chi connectivity index (χ1v) is 0.500. The number of hydrogen-bond acceptors (Lipinski definition) is 2. The molecule has 6 heteroatoms. The molecular weight excluding hydrogens is 144 g/mol. The van der Waals surface area contributed by atoms with Gasteiger partial charge in [-0.25, -0.2) is 0 Å². The van der Waals surface area contributed by atoms with E-state index < -0.39 is 0 Å². The normalized spacial score (nSPS) is 0.500. The molecular formula is C2H14N2Na4. The zero-order valence-corrected chi connectivity index (χ0v) is 14.8. The number of rotatable bonds is 0. The third-order valence-corrected chi connectivity index (χ3v) is 0. The summed E-state index contributed by atoms with van der Waals surface area (Å²) in [4.78, 5) is 0. The summed E-state index contributed by atoms with van der Waals surface area (Å²) in [7, 11) is 0. The second-order valence-corrected chi connectivity index (χ2v) is 0. The second-order valence-electron chi connectivity index (χ2n) is 0. The third kappa shape index (κ3) is 54.1. The van der Waals surface area contributed by atoms with E-state index >= 15 is 0 Å². The van der Waals surface area contributed by atoms with E-state index in [1.165, 1.54) is 0 Å². The van der Waals surface area contributed by atoms with Gasteiger partial charge < -0.3 is 18.0 Å². The maximum Gasteiger partial charge on any atom is 1.00 e. The average Bonchev–Trinajstić information content (AvgIpc) is 1.00. The molecule has 0 aromatic carbocycles. The molecule has 36 valence electrons. The van der Waals surface area contributed by atoms with Crippen molar-refractivity contribution in [3.63, 3.8) is 0 Å². The van der Waals surface area contributed by atoms with Gasteiger partial charge in [-0.05, 0) is 0 Å². The molecule has 0 spiro atoms. The second kappa shape index (κ2) is 74.3. The van der Waals surface area contributed by atoms with Gasteiger partial charge in [-0.2, -0.15) is 0 Å². The maximum atomic E-state index is 3.00. The minimum absolute atomic E-state index is 0. The van der Waals surface area contributed by atoms with E-state index in [1.54, 1.807) is 0 Å². The van der Waals surface area contributed by atoms with Crippen LogP contribution >= 0.6 is 0 Å². The van der Waals surface area contributed by atoms with E-state index in [1.807, 2.05) is 0 Å². The summed E-state index contributed by atoms with van der Waals surface area (Å²) >= 11 is 0. The third-order valence-electron chi connectivity index (χ3n) is 0. The summed E-state index contributed by atoms with van der Waals surface area (Å²) in [5.74, 6) is 0. The predicted octanol–water partition coefficient (Wildman–Crippen LogP) is -10.4. The Morgan fingerprint density at radius 3 is 0.625 bits per heavy atom. The monoisotopic (exact) mass is 158 g/mol. The van der Waals surface area contributed by atoms with Gasteiger partial charge in [0.1, 0.15) is 0 Å². The molecule has 0 aromatic heterocycles. The molecule has 8 heavy (non-hydrogen) atoms. The smallest absolute Gasteiger partial charge is 1.00 e. The minimum atomic E-state index is 0. The first-order valence-electron chi connectivity index (χ1n) is 0.500. The van der Waals surface area contributed by atoms with Crippen LogP contribution in [0.15, 0.2) is 13.2 Å². The van der Waals surface area contributed by atoms with E-state index in [9.17, 15) is 0 Å². The van der Waals surface area contributed by atoms with Crippen molar-refractivity contribution in [1.82, 2.24) is 12.3 Å². The summed E-state index contributed by atoms with van der Waals surface area (Å²) in [5.41, 5.74) is 0. The van der Waals surface area contributed by atoms with Crippen molar-refractivity contribution in [3.05, 3.63) is 13.2 Å². The molecule has 0 unspecified atom stereocenters. The molecule has 0 aliphatic carbocycles. The Hall–Kier alpha value is 3.66. The van der Waals surface area contributed by atoms with Gasteiger partial charge in [-0.3, -0.25) is 0 Å². The fourth-order valence-corrected chi connectivity index (χ4v) is 0. The van der Waals surface area contributed by atoms with Crippen molar-refractivity contribution >= 4 is 0 Å². The molecule has 0 bridgehead atoms. The van der Waals surface area contributed by atoms with Crippen molar-refractivity contribution in [2.24, 2.45) is 0 Å². The molecule has 0 aliphatic heterocycles. The molecule has 0 amide bonds. The van der Waals surface area contributed by atoms with Crippen LogP contribution in [0.25, 0.3) is 0 Å². The van der Waals surface area contributed by atoms with Crippen LogP contribution in [0.1, 0.15) is 5.71 Å². The fourth-order valence-electron chi connectivity index (χ4n) is 0. The summed E-state index contributed by atoms with van der Waals surface area (Å²) in [6.07, 6.45) is 0. The van der Waals surface area contributed by atoms with Gasteiger partial charge in [0.25, 0.3) is 0 Å². The first kappa shape index (κ1) is 61.0. The van der Waals surface area contributed by atoms with Crippen LogP contribution in [-0.4, -0.2) is 0 Å². The van der Waals surface area contributed by atoms with Gasteiger partial charge in [0, 0.05) is 0 Å². The van der Waals surface area contributed by atoms with E-state index in [0.717, 1.165) is 0 Å². The Bertz CT molecular complexity index is 23.0. The van der Waals surface area contributed by atoms with Crippen molar-refractivity contribution < 1.29 is 124 Å². The van der Waals surface area contributed by atoms with E-state index in [-0.39, 0.29) is 136 Å². The fraction of sp³-hybridized carbons (Fsp3) is 0. The van der Waals surface area contributed by atoms with Crippen molar-refractivity contribution in [2.45, 2.75) is 0 Å². The molecule has 0 atom stereocenters. The van der Waals surface area contributed by atoms with Crippen molar-refractivity contribution in [3.8, 4) is 0 Å². The van der Waals surface area contributed by atoms with Gasteiger partial charge >= 0.3 is 118 Å². The summed E-state index contributed by atoms with van der Waals surface area (Å²) < 4.78 is 0. The van der Waals surface area contributed by atoms with Crippen molar-refractivity contribution in [2.75, 3.05) is 0 Å². The van der Waals surface area contributed by atoms with Gasteiger partial charge in [0.15, 0.2) is 0 Å². The Balaban J connectivity index is -0.000000000111. The molecule has 0 aromatic rings. The standard InChI is InChI=1S/C2H4.2H3N.4Na.4H/c1-2;;;;;;;;;;/h1-2H2;2*1H3;;;;;;;;/q;;;4*+1;4*-1. The van der Waals surface area contributed by atoms with E-state index in [2.05, 4.69) is 13.2 Å². The molecule has 2 nitrogen and oxygen atoms in total. The Morgan fingerprint density at radius 1 is 0.625 bits per heavy atom. The predicted molar refractivity (Wildman–Crippen MR) is 25.7 cm³/mol. The van der Waals surface area contributed by atoms with Crippen LogP contribution in [0.3, 0.4) is 0 Å². The summed E-state index contributed by atoms with van der Waals surface area (Å²) in [5, 5.41) is 0. The van der Waals surface area contributed by atoms with E-state index in [0.29, 0.717) is 0 Å². The zero-order chi connectivity index (χ0) is 2.00. The van der Waals surface area contributed by atoms with Gasteiger partial charge in [0.05, 0.1) is 0 Å². The molecule has 0 radical (unpaired) electrons. The first-order chi connectivity index (χ1) is 1.00. The van der Waals surface area contributed by atoms with Gasteiger partial charge in [-0.15, -0.1) is 13.2 Å². The quantitative estimate of drug-likeness (QED) is 0.271. The molecule has 0 heterocycles. The Kier molecular flexibility index (Phi) is 566. The average molecular weight is 158 g/mol. The summed E-state index contributed by atoms with van der Waals surface area (Å²) in [6, 6.07) is 0.